The van der Waals surface area contributed by atoms with E-state index in [-0.39, 0.29) is 5.69 Å². The quantitative estimate of drug-likeness (QED) is 0.568. The summed E-state index contributed by atoms with van der Waals surface area (Å²) < 4.78 is 3.96. The SMILES string of the molecule is Cc1ccc2c(c1)[nH]c(=O)n2Cc1cc(Cl)cc2c(C)c(C)n(C)c12. The number of hydrogen-bond donors (Lipinski definition) is 1. The van der Waals surface area contributed by atoms with Gasteiger partial charge in [0, 0.05) is 23.2 Å². The topological polar surface area (TPSA) is 42.7 Å². The Hall–Kier alpha value is -2.46. The van der Waals surface area contributed by atoms with Gasteiger partial charge in [0.25, 0.3) is 0 Å². The second kappa shape index (κ2) is 5.53. The van der Waals surface area contributed by atoms with Crippen LogP contribution in [0.15, 0.2) is 35.1 Å². The van der Waals surface area contributed by atoms with E-state index in [0.29, 0.717) is 11.6 Å². The normalized spacial score (nSPS) is 11.7. The molecule has 4 rings (SSSR count). The lowest BCUT2D eigenvalue weighted by atomic mass is 10.1. The second-order valence-corrected chi connectivity index (χ2v) is 7.20. The number of halogens is 1. The third-order valence-electron chi connectivity index (χ3n) is 5.20. The molecule has 2 aromatic heterocycles. The Bertz CT molecular complexity index is 1190. The van der Waals surface area contributed by atoms with Gasteiger partial charge in [0.15, 0.2) is 0 Å². The van der Waals surface area contributed by atoms with Crippen molar-refractivity contribution in [3.8, 4) is 0 Å². The highest BCUT2D eigenvalue weighted by molar-refractivity contribution is 6.31. The first-order valence-corrected chi connectivity index (χ1v) is 8.68. The summed E-state index contributed by atoms with van der Waals surface area (Å²) in [5, 5.41) is 1.84. The predicted molar refractivity (Wildman–Crippen MR) is 104 cm³/mol. The fourth-order valence-electron chi connectivity index (χ4n) is 3.68. The Morgan fingerprint density at radius 2 is 1.88 bits per heavy atom. The lowest BCUT2D eigenvalue weighted by Gasteiger charge is -2.09. The first-order chi connectivity index (χ1) is 11.9. The smallest absolute Gasteiger partial charge is 0.326 e. The summed E-state index contributed by atoms with van der Waals surface area (Å²) in [6.45, 7) is 6.72. The van der Waals surface area contributed by atoms with Crippen LogP contribution in [-0.2, 0) is 13.6 Å². The summed E-state index contributed by atoms with van der Waals surface area (Å²) in [6, 6.07) is 9.98. The number of hydrogen-bond acceptors (Lipinski definition) is 1. The number of fused-ring (bicyclic) bond motifs is 2. The van der Waals surface area contributed by atoms with Crippen molar-refractivity contribution in [2.24, 2.45) is 7.05 Å². The summed E-state index contributed by atoms with van der Waals surface area (Å²) in [5.74, 6) is 0. The maximum atomic E-state index is 12.5. The molecular formula is C20H20ClN3O. The molecule has 0 radical (unpaired) electrons. The van der Waals surface area contributed by atoms with E-state index >= 15 is 0 Å². The van der Waals surface area contributed by atoms with Gasteiger partial charge in [-0.3, -0.25) is 4.57 Å². The van der Waals surface area contributed by atoms with Crippen LogP contribution in [0.2, 0.25) is 5.02 Å². The molecule has 128 valence electrons. The zero-order valence-corrected chi connectivity index (χ0v) is 15.5. The minimum absolute atomic E-state index is 0.101. The largest absolute Gasteiger partial charge is 0.347 e. The molecule has 0 amide bonds. The van der Waals surface area contributed by atoms with Crippen LogP contribution in [0, 0.1) is 20.8 Å². The third-order valence-corrected chi connectivity index (χ3v) is 5.42. The van der Waals surface area contributed by atoms with E-state index < -0.39 is 0 Å². The van der Waals surface area contributed by atoms with Crippen LogP contribution in [0.25, 0.3) is 21.9 Å². The van der Waals surface area contributed by atoms with E-state index in [4.69, 9.17) is 11.6 Å². The van der Waals surface area contributed by atoms with E-state index in [0.717, 1.165) is 33.1 Å². The lowest BCUT2D eigenvalue weighted by Crippen LogP contribution is -2.17. The standard InChI is InChI=1S/C20H20ClN3O/c1-11-5-6-18-17(7-11)22-20(25)24(18)10-14-8-15(21)9-16-12(2)13(3)23(4)19(14)16/h5-9H,10H2,1-4H3,(H,22,25). The average Bonchev–Trinajstić information content (AvgIpc) is 2.97. The summed E-state index contributed by atoms with van der Waals surface area (Å²) in [5.41, 5.74) is 7.41. The van der Waals surface area contributed by atoms with Crippen molar-refractivity contribution in [3.63, 3.8) is 0 Å². The molecule has 0 atom stereocenters. The second-order valence-electron chi connectivity index (χ2n) is 6.77. The Morgan fingerprint density at radius 1 is 1.12 bits per heavy atom. The van der Waals surface area contributed by atoms with Gasteiger partial charge in [-0.1, -0.05) is 17.7 Å². The maximum absolute atomic E-state index is 12.5. The highest BCUT2D eigenvalue weighted by Crippen LogP contribution is 2.31. The van der Waals surface area contributed by atoms with Gasteiger partial charge in [-0.25, -0.2) is 4.79 Å². The van der Waals surface area contributed by atoms with Crippen LogP contribution in [0.1, 0.15) is 22.4 Å². The minimum Gasteiger partial charge on any atom is -0.347 e. The highest BCUT2D eigenvalue weighted by atomic mass is 35.5. The molecule has 25 heavy (non-hydrogen) atoms. The third kappa shape index (κ3) is 2.40. The Kier molecular flexibility index (Phi) is 3.55. The van der Waals surface area contributed by atoms with Crippen LogP contribution in [-0.4, -0.2) is 14.1 Å². The van der Waals surface area contributed by atoms with Gasteiger partial charge in [-0.15, -0.1) is 0 Å². The molecule has 2 aromatic carbocycles. The highest BCUT2D eigenvalue weighted by Gasteiger charge is 2.15. The molecule has 0 saturated carbocycles. The van der Waals surface area contributed by atoms with E-state index in [9.17, 15) is 4.79 Å². The van der Waals surface area contributed by atoms with Crippen molar-refractivity contribution in [1.29, 1.82) is 0 Å². The van der Waals surface area contributed by atoms with Crippen LogP contribution in [0.4, 0.5) is 0 Å². The number of H-pyrrole nitrogens is 1. The van der Waals surface area contributed by atoms with Gasteiger partial charge >= 0.3 is 5.69 Å². The van der Waals surface area contributed by atoms with E-state index in [1.807, 2.05) is 37.3 Å². The number of aromatic nitrogens is 3. The number of imidazole rings is 1. The molecule has 2 heterocycles. The average molecular weight is 354 g/mol. The van der Waals surface area contributed by atoms with Crippen molar-refractivity contribution in [3.05, 3.63) is 68.2 Å². The van der Waals surface area contributed by atoms with Gasteiger partial charge in [0.2, 0.25) is 0 Å². The molecule has 5 heteroatoms. The summed E-state index contributed by atoms with van der Waals surface area (Å²) in [6.07, 6.45) is 0. The zero-order valence-electron chi connectivity index (χ0n) is 14.8. The van der Waals surface area contributed by atoms with Crippen molar-refractivity contribution in [2.45, 2.75) is 27.3 Å². The van der Waals surface area contributed by atoms with Crippen LogP contribution in [0.5, 0.6) is 0 Å². The number of aryl methyl sites for hydroxylation is 3. The first-order valence-electron chi connectivity index (χ1n) is 8.30. The summed E-state index contributed by atoms with van der Waals surface area (Å²) in [4.78, 5) is 15.4. The van der Waals surface area contributed by atoms with Crippen molar-refractivity contribution in [1.82, 2.24) is 14.1 Å². The minimum atomic E-state index is -0.101. The van der Waals surface area contributed by atoms with E-state index in [1.54, 1.807) is 4.57 Å². The van der Waals surface area contributed by atoms with Crippen LogP contribution >= 0.6 is 11.6 Å². The van der Waals surface area contributed by atoms with Gasteiger partial charge in [0.1, 0.15) is 0 Å². The summed E-state index contributed by atoms with van der Waals surface area (Å²) >= 11 is 6.37. The Labute approximate surface area is 150 Å². The molecule has 1 N–H and O–H groups in total. The monoisotopic (exact) mass is 353 g/mol. The van der Waals surface area contributed by atoms with Crippen molar-refractivity contribution in [2.75, 3.05) is 0 Å². The molecular weight excluding hydrogens is 334 g/mol. The number of nitrogens with zero attached hydrogens (tertiary/aromatic N) is 2. The molecule has 4 nitrogen and oxygen atoms in total. The Morgan fingerprint density at radius 3 is 2.64 bits per heavy atom. The maximum Gasteiger partial charge on any atom is 0.326 e. The molecule has 0 aliphatic rings. The van der Waals surface area contributed by atoms with Crippen LogP contribution < -0.4 is 5.69 Å². The van der Waals surface area contributed by atoms with E-state index in [1.165, 1.54) is 11.3 Å². The molecule has 0 aliphatic heterocycles. The predicted octanol–water partition coefficient (Wildman–Crippen LogP) is 4.45. The molecule has 0 fully saturated rings. The Balaban J connectivity index is 1.97. The molecule has 0 unspecified atom stereocenters. The molecule has 0 saturated heterocycles. The van der Waals surface area contributed by atoms with Crippen molar-refractivity contribution < 1.29 is 0 Å². The fourth-order valence-corrected chi connectivity index (χ4v) is 3.92. The summed E-state index contributed by atoms with van der Waals surface area (Å²) in [7, 11) is 2.06. The number of nitrogens with one attached hydrogen (secondary N) is 1. The lowest BCUT2D eigenvalue weighted by molar-refractivity contribution is 0.784. The van der Waals surface area contributed by atoms with Crippen molar-refractivity contribution >= 4 is 33.5 Å². The van der Waals surface area contributed by atoms with Gasteiger partial charge in [0.05, 0.1) is 23.1 Å². The molecule has 0 aliphatic carbocycles. The van der Waals surface area contributed by atoms with Gasteiger partial charge in [-0.2, -0.15) is 0 Å². The zero-order chi connectivity index (χ0) is 17.9. The number of benzene rings is 2. The van der Waals surface area contributed by atoms with Gasteiger partial charge in [-0.05, 0) is 61.7 Å². The number of rotatable bonds is 2. The molecule has 4 aromatic rings. The number of aromatic amines is 1. The molecule has 0 spiro atoms. The fraction of sp³-hybridized carbons (Fsp3) is 0.250. The van der Waals surface area contributed by atoms with Crippen LogP contribution in [0.3, 0.4) is 0 Å². The van der Waals surface area contributed by atoms with Gasteiger partial charge < -0.3 is 9.55 Å². The first kappa shape index (κ1) is 16.0. The molecule has 0 bridgehead atoms. The van der Waals surface area contributed by atoms with E-state index in [2.05, 4.69) is 30.4 Å².